The van der Waals surface area contributed by atoms with Gasteiger partial charge >= 0.3 is 0 Å². The van der Waals surface area contributed by atoms with Gasteiger partial charge in [-0.2, -0.15) is 0 Å². The average Bonchev–Trinajstić information content (AvgIpc) is 3.48. The quantitative estimate of drug-likeness (QED) is 0.286. The highest BCUT2D eigenvalue weighted by atomic mass is 16.5. The van der Waals surface area contributed by atoms with Crippen LogP contribution in [0.1, 0.15) is 98.3 Å². The Kier molecular flexibility index (Phi) is 9.12. The Morgan fingerprint density at radius 1 is 1.00 bits per heavy atom. The minimum absolute atomic E-state index is 0.103. The summed E-state index contributed by atoms with van der Waals surface area (Å²) in [5.41, 5.74) is -0.397. The van der Waals surface area contributed by atoms with Crippen molar-refractivity contribution in [1.29, 1.82) is 0 Å². The molecule has 0 radical (unpaired) electrons. The molecule has 0 aromatic rings. The second kappa shape index (κ2) is 12.7. The zero-order valence-corrected chi connectivity index (χ0v) is 28.9. The number of hydrogen-bond donors (Lipinski definition) is 3. The van der Waals surface area contributed by atoms with Crippen molar-refractivity contribution >= 4 is 17.6 Å². The lowest BCUT2D eigenvalue weighted by Crippen LogP contribution is -2.60. The number of morpholine rings is 1. The van der Waals surface area contributed by atoms with Crippen LogP contribution in [0.2, 0.25) is 0 Å². The molecule has 9 heteroatoms. The molecular weight excluding hydrogens is 580 g/mol. The molecular formula is C37H60N4O5. The number of carbonyl (C=O) groups is 3. The van der Waals surface area contributed by atoms with E-state index in [-0.39, 0.29) is 46.9 Å². The zero-order valence-electron chi connectivity index (χ0n) is 28.9. The Morgan fingerprint density at radius 3 is 2.57 bits per heavy atom. The number of ketones is 1. The maximum absolute atomic E-state index is 14.4. The molecule has 46 heavy (non-hydrogen) atoms. The van der Waals surface area contributed by atoms with Crippen LogP contribution in [0.5, 0.6) is 0 Å². The molecule has 7 rings (SSSR count). The molecule has 3 aliphatic heterocycles. The highest BCUT2D eigenvalue weighted by molar-refractivity contribution is 5.97. The first-order valence-electron chi connectivity index (χ1n) is 18.9. The van der Waals surface area contributed by atoms with Crippen molar-refractivity contribution in [3.8, 4) is 0 Å². The molecule has 9 nitrogen and oxygen atoms in total. The fourth-order valence-corrected chi connectivity index (χ4v) is 12.1. The summed E-state index contributed by atoms with van der Waals surface area (Å²) in [6.07, 6.45) is 10.2. The number of nitrogens with one attached hydrogen (secondary N) is 3. The second-order valence-electron chi connectivity index (χ2n) is 17.1. The highest BCUT2D eigenvalue weighted by Crippen LogP contribution is 2.70. The van der Waals surface area contributed by atoms with Crippen LogP contribution in [0.15, 0.2) is 0 Å². The summed E-state index contributed by atoms with van der Waals surface area (Å²) in [5.74, 6) is 3.41. The number of ether oxygens (including phenoxy) is 2. The van der Waals surface area contributed by atoms with Crippen molar-refractivity contribution < 1.29 is 23.9 Å². The minimum atomic E-state index is -0.281. The van der Waals surface area contributed by atoms with Crippen LogP contribution >= 0.6 is 0 Å². The predicted octanol–water partition coefficient (Wildman–Crippen LogP) is 3.90. The lowest BCUT2D eigenvalue weighted by molar-refractivity contribution is -0.160. The van der Waals surface area contributed by atoms with Gasteiger partial charge in [0.15, 0.2) is 0 Å². The molecule has 7 fully saturated rings. The molecule has 7 aliphatic rings. The van der Waals surface area contributed by atoms with E-state index in [1.54, 1.807) is 0 Å². The van der Waals surface area contributed by atoms with Gasteiger partial charge in [-0.1, -0.05) is 27.7 Å². The number of carbonyl (C=O) groups excluding carboxylic acids is 3. The van der Waals surface area contributed by atoms with Crippen LogP contribution in [0.25, 0.3) is 0 Å². The van der Waals surface area contributed by atoms with Crippen LogP contribution < -0.4 is 16.0 Å². The van der Waals surface area contributed by atoms with Crippen molar-refractivity contribution in [2.75, 3.05) is 45.9 Å². The number of fused-ring (bicyclic) bond motifs is 7. The number of hydrogen-bond acceptors (Lipinski definition) is 7. The Hall–Kier alpha value is -1.55. The van der Waals surface area contributed by atoms with Gasteiger partial charge in [-0.05, 0) is 99.3 Å². The van der Waals surface area contributed by atoms with Gasteiger partial charge in [0.05, 0.1) is 19.3 Å². The molecule has 2 amide bonds. The standard InChI is InChI=1S/C37H60N4O5/c1-23-8-11-37(39-22-23)24(2)34-30(46-37)19-29-27-7-6-25-18-26(9-10-35(25,3)28(27)20-31(42)36(29,34)4)40-33(44)21-32(43)38-12-5-13-41-14-16-45-17-15-41/h23-30,34,39H,5-22H2,1-4H3,(H,38,43)(H,40,44)/t23-,24-,25+,26?,27+,28-,29-,30-,34-,35-,36+,37+/m0/s1. The Labute approximate surface area is 276 Å². The summed E-state index contributed by atoms with van der Waals surface area (Å²) in [6.45, 7) is 15.5. The van der Waals surface area contributed by atoms with Crippen LogP contribution in [-0.2, 0) is 23.9 Å². The molecule has 4 aliphatic carbocycles. The van der Waals surface area contributed by atoms with Crippen LogP contribution in [0.4, 0.5) is 0 Å². The third-order valence-corrected chi connectivity index (χ3v) is 14.8. The summed E-state index contributed by atoms with van der Waals surface area (Å²) in [6, 6.07) is 0.114. The van der Waals surface area contributed by atoms with Gasteiger partial charge in [0.1, 0.15) is 17.9 Å². The second-order valence-corrected chi connectivity index (χ2v) is 17.1. The molecule has 1 unspecified atom stereocenters. The summed E-state index contributed by atoms with van der Waals surface area (Å²) < 4.78 is 12.4. The van der Waals surface area contributed by atoms with E-state index >= 15 is 0 Å². The largest absolute Gasteiger partial charge is 0.379 e. The first kappa shape index (κ1) is 33.0. The Bertz CT molecular complexity index is 1170. The molecule has 3 heterocycles. The lowest BCUT2D eigenvalue weighted by Gasteiger charge is -2.60. The number of Topliss-reactive ketones (excluding diaryl/α,β-unsaturated/α-hetero) is 1. The lowest BCUT2D eigenvalue weighted by atomic mass is 9.44. The van der Waals surface area contributed by atoms with Gasteiger partial charge in [0, 0.05) is 55.9 Å². The van der Waals surface area contributed by atoms with E-state index < -0.39 is 0 Å². The monoisotopic (exact) mass is 640 g/mol. The molecule has 0 aromatic heterocycles. The first-order valence-corrected chi connectivity index (χ1v) is 18.9. The molecule has 1 spiro atoms. The fraction of sp³-hybridized carbons (Fsp3) is 0.919. The van der Waals surface area contributed by atoms with E-state index in [0.29, 0.717) is 60.2 Å². The normalized spacial score (nSPS) is 47.0. The van der Waals surface area contributed by atoms with Gasteiger partial charge < -0.3 is 20.1 Å². The number of nitrogens with zero attached hydrogens (tertiary/aromatic N) is 1. The molecule has 3 saturated heterocycles. The summed E-state index contributed by atoms with van der Waals surface area (Å²) >= 11 is 0. The van der Waals surface area contributed by atoms with E-state index in [2.05, 4.69) is 48.5 Å². The molecule has 258 valence electrons. The molecule has 0 aromatic carbocycles. The summed E-state index contributed by atoms with van der Waals surface area (Å²) in [4.78, 5) is 42.1. The van der Waals surface area contributed by atoms with Gasteiger partial charge in [-0.3, -0.25) is 24.6 Å². The van der Waals surface area contributed by atoms with Crippen molar-refractivity contribution in [3.05, 3.63) is 0 Å². The number of amides is 2. The highest BCUT2D eigenvalue weighted by Gasteiger charge is 2.71. The van der Waals surface area contributed by atoms with Gasteiger partial charge in [0.2, 0.25) is 11.8 Å². The average molecular weight is 641 g/mol. The Balaban J connectivity index is 0.921. The van der Waals surface area contributed by atoms with Crippen molar-refractivity contribution in [2.45, 2.75) is 116 Å². The van der Waals surface area contributed by atoms with Crippen molar-refractivity contribution in [3.63, 3.8) is 0 Å². The third kappa shape index (κ3) is 5.67. The van der Waals surface area contributed by atoms with E-state index in [9.17, 15) is 14.4 Å². The third-order valence-electron chi connectivity index (χ3n) is 14.8. The Morgan fingerprint density at radius 2 is 1.80 bits per heavy atom. The maximum Gasteiger partial charge on any atom is 0.229 e. The SMILES string of the molecule is C[C@H]1CC[C@@]2(NC1)O[C@H]1C[C@H]3[C@@H]4CC[C@@H]5CC(NC(=O)CC(=O)NCCCN6CCOCC6)CC[C@]5(C)[C@H]4CC(=O)[C@]3(C)[C@H]1[C@@H]2C. The van der Waals surface area contributed by atoms with Crippen LogP contribution in [-0.4, -0.2) is 86.3 Å². The van der Waals surface area contributed by atoms with Crippen LogP contribution in [0, 0.1) is 52.3 Å². The zero-order chi connectivity index (χ0) is 32.3. The van der Waals surface area contributed by atoms with Crippen molar-refractivity contribution in [2.24, 2.45) is 52.3 Å². The first-order chi connectivity index (χ1) is 22.0. The number of piperidine rings is 1. The maximum atomic E-state index is 14.4. The summed E-state index contributed by atoms with van der Waals surface area (Å²) in [5, 5.41) is 9.96. The predicted molar refractivity (Wildman–Crippen MR) is 176 cm³/mol. The molecule has 12 atom stereocenters. The van der Waals surface area contributed by atoms with E-state index in [0.717, 1.165) is 77.9 Å². The van der Waals surface area contributed by atoms with E-state index in [1.165, 1.54) is 19.3 Å². The molecule has 4 saturated carbocycles. The molecule has 3 N–H and O–H groups in total. The van der Waals surface area contributed by atoms with Gasteiger partial charge in [-0.25, -0.2) is 0 Å². The number of rotatable bonds is 7. The molecule has 0 bridgehead atoms. The smallest absolute Gasteiger partial charge is 0.229 e. The summed E-state index contributed by atoms with van der Waals surface area (Å²) in [7, 11) is 0. The van der Waals surface area contributed by atoms with Gasteiger partial charge in [-0.15, -0.1) is 0 Å². The minimum Gasteiger partial charge on any atom is -0.379 e. The van der Waals surface area contributed by atoms with Crippen molar-refractivity contribution in [1.82, 2.24) is 20.9 Å². The fourth-order valence-electron chi connectivity index (χ4n) is 12.1. The topological polar surface area (TPSA) is 109 Å². The van der Waals surface area contributed by atoms with Crippen LogP contribution in [0.3, 0.4) is 0 Å². The van der Waals surface area contributed by atoms with Gasteiger partial charge in [0.25, 0.3) is 0 Å². The van der Waals surface area contributed by atoms with E-state index in [4.69, 9.17) is 9.47 Å². The van der Waals surface area contributed by atoms with E-state index in [1.807, 2.05) is 0 Å².